The molecule has 0 saturated carbocycles. The highest BCUT2D eigenvalue weighted by Gasteiger charge is 2.15. The highest BCUT2D eigenvalue weighted by atomic mass is 16.2. The third-order valence-corrected chi connectivity index (χ3v) is 2.92. The van der Waals surface area contributed by atoms with Crippen LogP contribution in [0.2, 0.25) is 0 Å². The molecular formula is C14H20N4O3. The van der Waals surface area contributed by atoms with Crippen LogP contribution in [-0.2, 0) is 9.59 Å². The Morgan fingerprint density at radius 2 is 1.81 bits per heavy atom. The summed E-state index contributed by atoms with van der Waals surface area (Å²) in [4.78, 5) is 36.4. The number of benzene rings is 1. The van der Waals surface area contributed by atoms with Gasteiger partial charge in [-0.2, -0.15) is 0 Å². The summed E-state index contributed by atoms with van der Waals surface area (Å²) in [6.45, 7) is 1.98. The largest absolute Gasteiger partial charge is 0.399 e. The predicted octanol–water partition coefficient (Wildman–Crippen LogP) is -0.407. The van der Waals surface area contributed by atoms with Gasteiger partial charge in [0.15, 0.2) is 0 Å². The molecule has 21 heavy (non-hydrogen) atoms. The van der Waals surface area contributed by atoms with Crippen LogP contribution >= 0.6 is 0 Å². The standard InChI is InChI=1S/C14H20N4O3/c1-3-18(9-12(19)16-2)13(20)8-17-14(21)10-4-6-11(15)7-5-10/h4-7H,3,8-9,15H2,1-2H3,(H,16,19)(H,17,21). The van der Waals surface area contributed by atoms with Crippen molar-refractivity contribution in [3.05, 3.63) is 29.8 Å². The van der Waals surface area contributed by atoms with E-state index < -0.39 is 0 Å². The van der Waals surface area contributed by atoms with Crippen molar-refractivity contribution in [2.45, 2.75) is 6.92 Å². The third-order valence-electron chi connectivity index (χ3n) is 2.92. The molecule has 0 unspecified atom stereocenters. The first-order valence-corrected chi connectivity index (χ1v) is 6.60. The van der Waals surface area contributed by atoms with Gasteiger partial charge in [-0.15, -0.1) is 0 Å². The average molecular weight is 292 g/mol. The first-order valence-electron chi connectivity index (χ1n) is 6.60. The van der Waals surface area contributed by atoms with Gasteiger partial charge in [0.1, 0.15) is 0 Å². The minimum absolute atomic E-state index is 0.0242. The quantitative estimate of drug-likeness (QED) is 0.620. The molecule has 3 amide bonds. The lowest BCUT2D eigenvalue weighted by Gasteiger charge is -2.20. The van der Waals surface area contributed by atoms with Crippen molar-refractivity contribution >= 4 is 23.4 Å². The highest BCUT2D eigenvalue weighted by Crippen LogP contribution is 2.04. The van der Waals surface area contributed by atoms with Crippen LogP contribution in [0, 0.1) is 0 Å². The second-order valence-corrected chi connectivity index (χ2v) is 4.39. The number of nitrogens with zero attached hydrogens (tertiary/aromatic N) is 1. The monoisotopic (exact) mass is 292 g/mol. The van der Waals surface area contributed by atoms with Gasteiger partial charge in [0.05, 0.1) is 13.1 Å². The van der Waals surface area contributed by atoms with E-state index in [4.69, 9.17) is 5.73 Å². The third kappa shape index (κ3) is 5.13. The number of likely N-dealkylation sites (N-methyl/N-ethyl adjacent to an activating group) is 2. The van der Waals surface area contributed by atoms with Gasteiger partial charge in [0, 0.05) is 24.8 Å². The lowest BCUT2D eigenvalue weighted by atomic mass is 10.2. The number of hydrogen-bond donors (Lipinski definition) is 3. The minimum atomic E-state index is -0.362. The average Bonchev–Trinajstić information content (AvgIpc) is 2.50. The minimum Gasteiger partial charge on any atom is -0.399 e. The summed E-state index contributed by atoms with van der Waals surface area (Å²) in [5.74, 6) is -0.931. The van der Waals surface area contributed by atoms with Crippen molar-refractivity contribution in [3.63, 3.8) is 0 Å². The van der Waals surface area contributed by atoms with E-state index in [1.165, 1.54) is 11.9 Å². The summed E-state index contributed by atoms with van der Waals surface area (Å²) in [7, 11) is 1.50. The van der Waals surface area contributed by atoms with Crippen molar-refractivity contribution < 1.29 is 14.4 Å². The molecule has 7 nitrogen and oxygen atoms in total. The Hall–Kier alpha value is -2.57. The molecule has 0 atom stereocenters. The molecule has 0 saturated heterocycles. The van der Waals surface area contributed by atoms with Gasteiger partial charge >= 0.3 is 0 Å². The van der Waals surface area contributed by atoms with Gasteiger partial charge in [-0.3, -0.25) is 14.4 Å². The summed E-state index contributed by atoms with van der Waals surface area (Å²) in [5.41, 5.74) is 6.52. The Balaban J connectivity index is 2.52. The lowest BCUT2D eigenvalue weighted by molar-refractivity contribution is -0.134. The van der Waals surface area contributed by atoms with Gasteiger partial charge in [-0.1, -0.05) is 0 Å². The number of nitrogen functional groups attached to an aromatic ring is 1. The number of carbonyl (C=O) groups is 3. The van der Waals surface area contributed by atoms with Gasteiger partial charge in [-0.25, -0.2) is 0 Å². The van der Waals surface area contributed by atoms with E-state index in [1.807, 2.05) is 0 Å². The molecule has 0 aromatic heterocycles. The van der Waals surface area contributed by atoms with Crippen molar-refractivity contribution in [2.75, 3.05) is 32.4 Å². The zero-order valence-corrected chi connectivity index (χ0v) is 12.2. The Morgan fingerprint density at radius 1 is 1.19 bits per heavy atom. The van der Waals surface area contributed by atoms with E-state index in [0.717, 1.165) is 0 Å². The lowest BCUT2D eigenvalue weighted by Crippen LogP contribution is -2.44. The highest BCUT2D eigenvalue weighted by molar-refractivity contribution is 5.97. The summed E-state index contributed by atoms with van der Waals surface area (Å²) in [6, 6.07) is 6.38. The Kier molecular flexibility index (Phi) is 6.19. The first-order chi connectivity index (χ1) is 9.97. The fourth-order valence-corrected chi connectivity index (χ4v) is 1.63. The van der Waals surface area contributed by atoms with Gasteiger partial charge < -0.3 is 21.3 Å². The fraction of sp³-hybridized carbons (Fsp3) is 0.357. The van der Waals surface area contributed by atoms with Crippen LogP contribution in [0.4, 0.5) is 5.69 Å². The summed E-state index contributed by atoms with van der Waals surface area (Å²) in [5, 5.41) is 4.97. The molecule has 7 heteroatoms. The normalized spacial score (nSPS) is 9.81. The van der Waals surface area contributed by atoms with E-state index in [-0.39, 0.29) is 30.8 Å². The molecule has 0 aliphatic heterocycles. The fourth-order valence-electron chi connectivity index (χ4n) is 1.63. The Bertz CT molecular complexity index is 513. The molecule has 0 heterocycles. The van der Waals surface area contributed by atoms with E-state index >= 15 is 0 Å². The molecule has 0 fully saturated rings. The van der Waals surface area contributed by atoms with Crippen LogP contribution < -0.4 is 16.4 Å². The SMILES string of the molecule is CCN(CC(=O)NC)C(=O)CNC(=O)c1ccc(N)cc1. The van der Waals surface area contributed by atoms with Crippen molar-refractivity contribution in [3.8, 4) is 0 Å². The smallest absolute Gasteiger partial charge is 0.251 e. The van der Waals surface area contributed by atoms with Crippen LogP contribution in [0.1, 0.15) is 17.3 Å². The molecule has 114 valence electrons. The summed E-state index contributed by atoms with van der Waals surface area (Å²) in [6.07, 6.45) is 0. The maximum atomic E-state index is 11.9. The topological polar surface area (TPSA) is 105 Å². The van der Waals surface area contributed by atoms with Gasteiger partial charge in [-0.05, 0) is 31.2 Å². The number of hydrogen-bond acceptors (Lipinski definition) is 4. The van der Waals surface area contributed by atoms with Crippen LogP contribution in [0.3, 0.4) is 0 Å². The molecule has 1 aromatic rings. The van der Waals surface area contributed by atoms with E-state index in [2.05, 4.69) is 10.6 Å². The first kappa shape index (κ1) is 16.5. The van der Waals surface area contributed by atoms with E-state index in [0.29, 0.717) is 17.8 Å². The van der Waals surface area contributed by atoms with Crippen LogP contribution in [0.5, 0.6) is 0 Å². The van der Waals surface area contributed by atoms with Gasteiger partial charge in [0.25, 0.3) is 5.91 Å². The zero-order chi connectivity index (χ0) is 15.8. The Labute approximate surface area is 123 Å². The number of amides is 3. The van der Waals surface area contributed by atoms with E-state index in [1.54, 1.807) is 31.2 Å². The summed E-state index contributed by atoms with van der Waals surface area (Å²) < 4.78 is 0. The Morgan fingerprint density at radius 3 is 2.33 bits per heavy atom. The van der Waals surface area contributed by atoms with Crippen molar-refractivity contribution in [1.29, 1.82) is 0 Å². The zero-order valence-electron chi connectivity index (χ0n) is 12.2. The maximum Gasteiger partial charge on any atom is 0.251 e. The molecule has 1 aromatic carbocycles. The van der Waals surface area contributed by atoms with Crippen molar-refractivity contribution in [1.82, 2.24) is 15.5 Å². The number of rotatable bonds is 6. The second kappa shape index (κ2) is 7.88. The maximum absolute atomic E-state index is 11.9. The summed E-state index contributed by atoms with van der Waals surface area (Å²) >= 11 is 0. The second-order valence-electron chi connectivity index (χ2n) is 4.39. The number of anilines is 1. The van der Waals surface area contributed by atoms with E-state index in [9.17, 15) is 14.4 Å². The number of nitrogens with two attached hydrogens (primary N) is 1. The molecule has 4 N–H and O–H groups in total. The molecule has 0 aliphatic rings. The molecular weight excluding hydrogens is 272 g/mol. The molecule has 1 rings (SSSR count). The van der Waals surface area contributed by atoms with Crippen molar-refractivity contribution in [2.24, 2.45) is 0 Å². The van der Waals surface area contributed by atoms with Crippen LogP contribution in [-0.4, -0.2) is 49.3 Å². The van der Waals surface area contributed by atoms with Crippen LogP contribution in [0.25, 0.3) is 0 Å². The predicted molar refractivity (Wildman–Crippen MR) is 79.5 cm³/mol. The molecule has 0 spiro atoms. The number of carbonyl (C=O) groups excluding carboxylic acids is 3. The van der Waals surface area contributed by atoms with Crippen LogP contribution in [0.15, 0.2) is 24.3 Å². The molecule has 0 radical (unpaired) electrons. The number of nitrogens with one attached hydrogen (secondary N) is 2. The molecule has 0 bridgehead atoms. The molecule has 0 aliphatic carbocycles. The van der Waals surface area contributed by atoms with Gasteiger partial charge in [0.2, 0.25) is 11.8 Å².